The molecule has 1 aromatic carbocycles. The summed E-state index contributed by atoms with van der Waals surface area (Å²) < 4.78 is 4.69. The van der Waals surface area contributed by atoms with Gasteiger partial charge in [0.1, 0.15) is 13.1 Å². The molecule has 6 heteroatoms. The van der Waals surface area contributed by atoms with Crippen LogP contribution in [0.1, 0.15) is 15.9 Å². The summed E-state index contributed by atoms with van der Waals surface area (Å²) >= 11 is 0. The zero-order chi connectivity index (χ0) is 16.8. The van der Waals surface area contributed by atoms with E-state index in [1.54, 1.807) is 12.1 Å². The number of H-pyrrole nitrogens is 1. The first-order chi connectivity index (χ1) is 11.8. The van der Waals surface area contributed by atoms with Gasteiger partial charge in [-0.15, -0.1) is 0 Å². The van der Waals surface area contributed by atoms with E-state index in [1.165, 1.54) is 7.11 Å². The summed E-state index contributed by atoms with van der Waals surface area (Å²) in [6, 6.07) is 13.3. The number of hydrogen-bond donors (Lipinski definition) is 0. The molecule has 0 aliphatic carbocycles. The highest BCUT2D eigenvalue weighted by Crippen LogP contribution is 2.10. The van der Waals surface area contributed by atoms with Crippen LogP contribution in [0.25, 0.3) is 0 Å². The van der Waals surface area contributed by atoms with E-state index in [-0.39, 0.29) is 5.97 Å². The van der Waals surface area contributed by atoms with Crippen LogP contribution in [-0.2, 0) is 4.74 Å². The molecule has 1 fully saturated rings. The number of anilines is 1. The maximum atomic E-state index is 11.4. The number of piperazine rings is 1. The highest BCUT2D eigenvalue weighted by atomic mass is 16.5. The normalized spacial score (nSPS) is 14.9. The first-order valence-electron chi connectivity index (χ1n) is 7.95. The number of rotatable bonds is 4. The Morgan fingerprint density at radius 2 is 1.88 bits per heavy atom. The van der Waals surface area contributed by atoms with Crippen molar-refractivity contribution in [3.63, 3.8) is 0 Å². The van der Waals surface area contributed by atoms with Crippen LogP contribution in [0.5, 0.6) is 0 Å². The molecule has 0 unspecified atom stereocenters. The van der Waals surface area contributed by atoms with Crippen LogP contribution in [0.2, 0.25) is 0 Å². The molecule has 2 heterocycles. The van der Waals surface area contributed by atoms with Gasteiger partial charge in [0, 0.05) is 6.07 Å². The number of carbonyl (C=O) groups is 1. The minimum absolute atomic E-state index is 0.327. The largest absolute Gasteiger partial charge is 0.465 e. The number of pyridine rings is 1. The van der Waals surface area contributed by atoms with Crippen molar-refractivity contribution in [2.45, 2.75) is 0 Å². The first-order valence-corrected chi connectivity index (χ1v) is 7.95. The van der Waals surface area contributed by atoms with Gasteiger partial charge in [0.15, 0.2) is 0 Å². The van der Waals surface area contributed by atoms with Crippen molar-refractivity contribution in [2.24, 2.45) is 5.10 Å². The highest BCUT2D eigenvalue weighted by Gasteiger charge is 2.21. The molecule has 0 spiro atoms. The minimum Gasteiger partial charge on any atom is -0.465 e. The fourth-order valence-electron chi connectivity index (χ4n) is 2.60. The SMILES string of the molecule is COC(=O)c1ccc(/C=N\N2CCN(c3cccc[nH+]3)CC2)cc1. The van der Waals surface area contributed by atoms with E-state index in [4.69, 9.17) is 0 Å². The van der Waals surface area contributed by atoms with Crippen molar-refractivity contribution < 1.29 is 14.5 Å². The third-order valence-electron chi connectivity index (χ3n) is 3.99. The Balaban J connectivity index is 1.54. The molecule has 1 aromatic heterocycles. The van der Waals surface area contributed by atoms with E-state index in [1.807, 2.05) is 36.7 Å². The van der Waals surface area contributed by atoms with Gasteiger partial charge in [-0.05, 0) is 23.8 Å². The molecule has 0 atom stereocenters. The lowest BCUT2D eigenvalue weighted by Gasteiger charge is -2.28. The van der Waals surface area contributed by atoms with Crippen LogP contribution in [0.4, 0.5) is 5.82 Å². The number of esters is 1. The second-order valence-electron chi connectivity index (χ2n) is 5.55. The molecule has 0 radical (unpaired) electrons. The summed E-state index contributed by atoms with van der Waals surface area (Å²) in [5.41, 5.74) is 1.50. The lowest BCUT2D eigenvalue weighted by Crippen LogP contribution is -2.45. The van der Waals surface area contributed by atoms with Gasteiger partial charge < -0.3 is 4.74 Å². The van der Waals surface area contributed by atoms with Crippen LogP contribution in [-0.4, -0.2) is 50.5 Å². The van der Waals surface area contributed by atoms with Crippen molar-refractivity contribution in [3.05, 3.63) is 59.8 Å². The Kier molecular flexibility index (Phi) is 5.05. The number of aromatic amines is 1. The number of nitrogens with zero attached hydrogens (tertiary/aromatic N) is 3. The van der Waals surface area contributed by atoms with Gasteiger partial charge >= 0.3 is 5.97 Å². The predicted octanol–water partition coefficient (Wildman–Crippen LogP) is 1.44. The smallest absolute Gasteiger partial charge is 0.337 e. The van der Waals surface area contributed by atoms with Crippen molar-refractivity contribution in [2.75, 3.05) is 38.2 Å². The summed E-state index contributed by atoms with van der Waals surface area (Å²) in [6.07, 6.45) is 3.77. The number of carbonyl (C=O) groups excluding carboxylic acids is 1. The number of ether oxygens (including phenoxy) is 1. The monoisotopic (exact) mass is 325 g/mol. The van der Waals surface area contributed by atoms with E-state index in [9.17, 15) is 4.79 Å². The van der Waals surface area contributed by atoms with Crippen molar-refractivity contribution >= 4 is 18.0 Å². The van der Waals surface area contributed by atoms with Gasteiger partial charge in [0.25, 0.3) is 5.82 Å². The summed E-state index contributed by atoms with van der Waals surface area (Å²) in [5, 5.41) is 6.59. The van der Waals surface area contributed by atoms with Gasteiger partial charge in [-0.1, -0.05) is 18.2 Å². The van der Waals surface area contributed by atoms with Gasteiger partial charge in [0.2, 0.25) is 0 Å². The number of benzene rings is 1. The summed E-state index contributed by atoms with van der Waals surface area (Å²) in [7, 11) is 1.38. The minimum atomic E-state index is -0.327. The molecular weight excluding hydrogens is 304 g/mol. The van der Waals surface area contributed by atoms with Gasteiger partial charge in [-0.25, -0.2) is 9.78 Å². The standard InChI is InChI=1S/C18H20N4O2/c1-24-18(23)16-7-5-15(6-8-16)14-20-22-12-10-21(11-13-22)17-4-2-3-9-19-17/h2-9,14H,10-13H2,1H3/p+1/b20-14-. The first kappa shape index (κ1) is 16.0. The lowest BCUT2D eigenvalue weighted by molar-refractivity contribution is -0.364. The molecule has 6 nitrogen and oxygen atoms in total. The van der Waals surface area contributed by atoms with Crippen LogP contribution < -0.4 is 9.88 Å². The average Bonchev–Trinajstić information content (AvgIpc) is 2.67. The van der Waals surface area contributed by atoms with E-state index in [0.29, 0.717) is 5.56 Å². The number of hydrazone groups is 1. The summed E-state index contributed by atoms with van der Waals surface area (Å²) in [6.45, 7) is 3.61. The van der Waals surface area contributed by atoms with Crippen molar-refractivity contribution in [1.82, 2.24) is 5.01 Å². The van der Waals surface area contributed by atoms with Crippen LogP contribution in [0, 0.1) is 0 Å². The second kappa shape index (κ2) is 7.59. The van der Waals surface area contributed by atoms with E-state index in [0.717, 1.165) is 37.6 Å². The Hall–Kier alpha value is -2.89. The molecule has 0 amide bonds. The average molecular weight is 325 g/mol. The summed E-state index contributed by atoms with van der Waals surface area (Å²) in [5.74, 6) is 0.812. The molecule has 1 N–H and O–H groups in total. The molecule has 0 bridgehead atoms. The molecule has 124 valence electrons. The Morgan fingerprint density at radius 3 is 2.50 bits per heavy atom. The predicted molar refractivity (Wildman–Crippen MR) is 92.2 cm³/mol. The molecule has 1 saturated heterocycles. The number of methoxy groups -OCH3 is 1. The Labute approximate surface area is 141 Å². The van der Waals surface area contributed by atoms with Crippen molar-refractivity contribution in [3.8, 4) is 0 Å². The maximum absolute atomic E-state index is 11.4. The van der Waals surface area contributed by atoms with Crippen LogP contribution in [0.15, 0.2) is 53.8 Å². The molecule has 0 saturated carbocycles. The second-order valence-corrected chi connectivity index (χ2v) is 5.55. The quantitative estimate of drug-likeness (QED) is 0.630. The molecular formula is C18H21N4O2+. The third-order valence-corrected chi connectivity index (χ3v) is 3.99. The highest BCUT2D eigenvalue weighted by molar-refractivity contribution is 5.90. The Bertz CT molecular complexity index is 693. The fourth-order valence-corrected chi connectivity index (χ4v) is 2.60. The van der Waals surface area contributed by atoms with E-state index < -0.39 is 0 Å². The zero-order valence-corrected chi connectivity index (χ0v) is 13.7. The number of nitrogens with one attached hydrogen (secondary N) is 1. The maximum Gasteiger partial charge on any atom is 0.337 e. The zero-order valence-electron chi connectivity index (χ0n) is 13.7. The molecule has 1 aliphatic heterocycles. The van der Waals surface area contributed by atoms with Gasteiger partial charge in [0.05, 0.1) is 38.2 Å². The van der Waals surface area contributed by atoms with Gasteiger partial charge in [-0.2, -0.15) is 5.10 Å². The van der Waals surface area contributed by atoms with Crippen LogP contribution >= 0.6 is 0 Å². The Morgan fingerprint density at radius 1 is 1.12 bits per heavy atom. The van der Waals surface area contributed by atoms with Gasteiger partial charge in [-0.3, -0.25) is 9.91 Å². The van der Waals surface area contributed by atoms with E-state index >= 15 is 0 Å². The number of aromatic nitrogens is 1. The third kappa shape index (κ3) is 3.90. The van der Waals surface area contributed by atoms with E-state index in [2.05, 4.69) is 30.8 Å². The topological polar surface area (TPSA) is 59.3 Å². The fraction of sp³-hybridized carbons (Fsp3) is 0.278. The molecule has 24 heavy (non-hydrogen) atoms. The molecule has 3 rings (SSSR count). The van der Waals surface area contributed by atoms with Crippen LogP contribution in [0.3, 0.4) is 0 Å². The molecule has 2 aromatic rings. The lowest BCUT2D eigenvalue weighted by atomic mass is 10.1. The summed E-state index contributed by atoms with van der Waals surface area (Å²) in [4.78, 5) is 17.0. The number of hydrogen-bond acceptors (Lipinski definition) is 5. The van der Waals surface area contributed by atoms with Crippen molar-refractivity contribution in [1.29, 1.82) is 0 Å². The molecule has 1 aliphatic rings.